The van der Waals surface area contributed by atoms with Crippen LogP contribution >= 0.6 is 0 Å². The lowest BCUT2D eigenvalue weighted by Crippen LogP contribution is -2.16. The van der Waals surface area contributed by atoms with E-state index in [-0.39, 0.29) is 16.9 Å². The zero-order valence-corrected chi connectivity index (χ0v) is 8.68. The molecule has 0 aliphatic heterocycles. The van der Waals surface area contributed by atoms with Crippen molar-refractivity contribution in [3.8, 4) is 5.75 Å². The van der Waals surface area contributed by atoms with Crippen molar-refractivity contribution in [3.05, 3.63) is 28.8 Å². The third kappa shape index (κ3) is 2.10. The van der Waals surface area contributed by atoms with E-state index in [1.807, 2.05) is 0 Å². The molecule has 2 N–H and O–H groups in total. The molecule has 0 radical (unpaired) electrons. The molecule has 0 atom stereocenters. The fourth-order valence-corrected chi connectivity index (χ4v) is 1.44. The molecule has 1 aromatic carbocycles. The first kappa shape index (κ1) is 12.4. The number of benzene rings is 1. The van der Waals surface area contributed by atoms with Crippen molar-refractivity contribution in [2.75, 3.05) is 7.11 Å². The molecule has 1 aromatic rings. The van der Waals surface area contributed by atoms with E-state index in [2.05, 4.69) is 4.74 Å². The topological polar surface area (TPSA) is 52.3 Å². The third-order valence-corrected chi connectivity index (χ3v) is 2.18. The molecule has 0 aliphatic carbocycles. The van der Waals surface area contributed by atoms with Gasteiger partial charge in [-0.05, 0) is 19.1 Å². The monoisotopic (exact) mass is 233 g/mol. The maximum atomic E-state index is 12.6. The van der Waals surface area contributed by atoms with Crippen LogP contribution in [-0.4, -0.2) is 13.0 Å². The average molecular weight is 233 g/mol. The standard InChI is InChI=1S/C10H10F3NO2/c1-5-6(9(14)15)3-4-7(8(5)16-2)10(11,12)13/h3-4H,1-2H3,(H2,14,15). The number of primary amides is 1. The quantitative estimate of drug-likeness (QED) is 0.850. The highest BCUT2D eigenvalue weighted by Crippen LogP contribution is 2.38. The fraction of sp³-hybridized carbons (Fsp3) is 0.300. The summed E-state index contributed by atoms with van der Waals surface area (Å²) >= 11 is 0. The van der Waals surface area contributed by atoms with Crippen LogP contribution in [0.5, 0.6) is 5.75 Å². The van der Waals surface area contributed by atoms with Crippen LogP contribution in [-0.2, 0) is 6.18 Å². The van der Waals surface area contributed by atoms with E-state index in [9.17, 15) is 18.0 Å². The van der Waals surface area contributed by atoms with Crippen molar-refractivity contribution >= 4 is 5.91 Å². The Morgan fingerprint density at radius 3 is 2.31 bits per heavy atom. The normalized spacial score (nSPS) is 11.3. The second-order valence-electron chi connectivity index (χ2n) is 3.18. The molecule has 0 spiro atoms. The van der Waals surface area contributed by atoms with Gasteiger partial charge >= 0.3 is 6.18 Å². The van der Waals surface area contributed by atoms with E-state index in [0.29, 0.717) is 0 Å². The van der Waals surface area contributed by atoms with Gasteiger partial charge in [0.05, 0.1) is 12.7 Å². The Morgan fingerprint density at radius 2 is 1.94 bits per heavy atom. The lowest BCUT2D eigenvalue weighted by atomic mass is 10.0. The van der Waals surface area contributed by atoms with Gasteiger partial charge in [0.2, 0.25) is 5.91 Å². The van der Waals surface area contributed by atoms with Crippen LogP contribution in [0.3, 0.4) is 0 Å². The number of alkyl halides is 3. The highest BCUT2D eigenvalue weighted by Gasteiger charge is 2.35. The fourth-order valence-electron chi connectivity index (χ4n) is 1.44. The van der Waals surface area contributed by atoms with Crippen LogP contribution in [0.4, 0.5) is 13.2 Å². The predicted octanol–water partition coefficient (Wildman–Crippen LogP) is 2.12. The van der Waals surface area contributed by atoms with Crippen molar-refractivity contribution in [2.45, 2.75) is 13.1 Å². The van der Waals surface area contributed by atoms with Crippen molar-refractivity contribution in [1.82, 2.24) is 0 Å². The van der Waals surface area contributed by atoms with Crippen molar-refractivity contribution < 1.29 is 22.7 Å². The Hall–Kier alpha value is -1.72. The van der Waals surface area contributed by atoms with Gasteiger partial charge in [-0.3, -0.25) is 4.79 Å². The number of hydrogen-bond donors (Lipinski definition) is 1. The largest absolute Gasteiger partial charge is 0.496 e. The molecule has 1 amide bonds. The van der Waals surface area contributed by atoms with Crippen LogP contribution in [0.25, 0.3) is 0 Å². The predicted molar refractivity (Wildman–Crippen MR) is 51.3 cm³/mol. The van der Waals surface area contributed by atoms with Crippen LogP contribution in [0.2, 0.25) is 0 Å². The van der Waals surface area contributed by atoms with Gasteiger partial charge in [-0.25, -0.2) is 0 Å². The molecule has 0 unspecified atom stereocenters. The summed E-state index contributed by atoms with van der Waals surface area (Å²) in [5, 5.41) is 0. The number of carbonyl (C=O) groups is 1. The molecular formula is C10H10F3NO2. The lowest BCUT2D eigenvalue weighted by molar-refractivity contribution is -0.138. The Bertz CT molecular complexity index is 427. The molecule has 88 valence electrons. The summed E-state index contributed by atoms with van der Waals surface area (Å²) in [6.45, 7) is 1.36. The number of amides is 1. The van der Waals surface area contributed by atoms with Crippen LogP contribution in [0, 0.1) is 6.92 Å². The Morgan fingerprint density at radius 1 is 1.38 bits per heavy atom. The van der Waals surface area contributed by atoms with E-state index in [1.165, 1.54) is 6.92 Å². The summed E-state index contributed by atoms with van der Waals surface area (Å²) in [4.78, 5) is 10.9. The first-order valence-corrected chi connectivity index (χ1v) is 4.33. The molecule has 16 heavy (non-hydrogen) atoms. The van der Waals surface area contributed by atoms with Crippen molar-refractivity contribution in [2.24, 2.45) is 5.73 Å². The SMILES string of the molecule is COc1c(C(F)(F)F)ccc(C(N)=O)c1C. The number of methoxy groups -OCH3 is 1. The smallest absolute Gasteiger partial charge is 0.419 e. The van der Waals surface area contributed by atoms with Gasteiger partial charge in [0.15, 0.2) is 0 Å². The summed E-state index contributed by atoms with van der Waals surface area (Å²) in [5.41, 5.74) is 4.21. The minimum absolute atomic E-state index is 0.0184. The van der Waals surface area contributed by atoms with Gasteiger partial charge in [0, 0.05) is 11.1 Å². The van der Waals surface area contributed by atoms with E-state index in [4.69, 9.17) is 5.73 Å². The van der Waals surface area contributed by atoms with Crippen LogP contribution < -0.4 is 10.5 Å². The van der Waals surface area contributed by atoms with E-state index in [0.717, 1.165) is 19.2 Å². The summed E-state index contributed by atoms with van der Waals surface area (Å²) < 4.78 is 42.3. The molecule has 0 bridgehead atoms. The van der Waals surface area contributed by atoms with E-state index in [1.54, 1.807) is 0 Å². The summed E-state index contributed by atoms with van der Waals surface area (Å²) in [5.74, 6) is -1.16. The van der Waals surface area contributed by atoms with Crippen molar-refractivity contribution in [1.29, 1.82) is 0 Å². The molecule has 0 heterocycles. The van der Waals surface area contributed by atoms with Gasteiger partial charge in [-0.1, -0.05) is 0 Å². The van der Waals surface area contributed by atoms with E-state index < -0.39 is 17.6 Å². The van der Waals surface area contributed by atoms with Gasteiger partial charge in [-0.2, -0.15) is 13.2 Å². The second kappa shape index (κ2) is 4.03. The molecule has 6 heteroatoms. The van der Waals surface area contributed by atoms with E-state index >= 15 is 0 Å². The zero-order chi connectivity index (χ0) is 12.5. The summed E-state index contributed by atoms with van der Waals surface area (Å²) in [6, 6.07) is 1.83. The summed E-state index contributed by atoms with van der Waals surface area (Å²) in [6.07, 6.45) is -4.52. The molecule has 3 nitrogen and oxygen atoms in total. The number of hydrogen-bond acceptors (Lipinski definition) is 2. The molecule has 0 fully saturated rings. The number of carbonyl (C=O) groups excluding carboxylic acids is 1. The number of halogens is 3. The van der Waals surface area contributed by atoms with Gasteiger partial charge in [0.25, 0.3) is 0 Å². The van der Waals surface area contributed by atoms with Crippen LogP contribution in [0.1, 0.15) is 21.5 Å². The Labute approximate surface area is 90.0 Å². The highest BCUT2D eigenvalue weighted by molar-refractivity contribution is 5.95. The number of rotatable bonds is 2. The summed E-state index contributed by atoms with van der Waals surface area (Å²) in [7, 11) is 1.11. The first-order chi connectivity index (χ1) is 7.29. The molecule has 0 saturated carbocycles. The minimum Gasteiger partial charge on any atom is -0.496 e. The van der Waals surface area contributed by atoms with Crippen LogP contribution in [0.15, 0.2) is 12.1 Å². The minimum atomic E-state index is -4.52. The molecule has 0 aliphatic rings. The lowest BCUT2D eigenvalue weighted by Gasteiger charge is -2.15. The average Bonchev–Trinajstić information content (AvgIpc) is 2.15. The maximum absolute atomic E-state index is 12.6. The molecule has 0 aromatic heterocycles. The second-order valence-corrected chi connectivity index (χ2v) is 3.18. The van der Waals surface area contributed by atoms with Crippen molar-refractivity contribution in [3.63, 3.8) is 0 Å². The molecule has 1 rings (SSSR count). The van der Waals surface area contributed by atoms with Gasteiger partial charge in [0.1, 0.15) is 5.75 Å². The maximum Gasteiger partial charge on any atom is 0.419 e. The van der Waals surface area contributed by atoms with Gasteiger partial charge in [-0.15, -0.1) is 0 Å². The Kier molecular flexibility index (Phi) is 3.11. The Balaban J connectivity index is 3.47. The number of nitrogens with two attached hydrogens (primary N) is 1. The molecule has 0 saturated heterocycles. The third-order valence-electron chi connectivity index (χ3n) is 2.18. The highest BCUT2D eigenvalue weighted by atomic mass is 19.4. The first-order valence-electron chi connectivity index (χ1n) is 4.33. The zero-order valence-electron chi connectivity index (χ0n) is 8.68. The number of ether oxygens (including phenoxy) is 1. The van der Waals surface area contributed by atoms with Gasteiger partial charge < -0.3 is 10.5 Å². The molecular weight excluding hydrogens is 223 g/mol.